The second kappa shape index (κ2) is 6.16. The Morgan fingerprint density at radius 2 is 1.81 bits per heavy atom. The summed E-state index contributed by atoms with van der Waals surface area (Å²) in [5, 5.41) is 9.87. The number of amides is 1. The van der Waals surface area contributed by atoms with Crippen molar-refractivity contribution in [2.75, 3.05) is 5.32 Å². The molecule has 2 aromatic carbocycles. The van der Waals surface area contributed by atoms with Gasteiger partial charge >= 0.3 is 0 Å². The molecule has 0 unspecified atom stereocenters. The van der Waals surface area contributed by atoms with Crippen molar-refractivity contribution in [3.63, 3.8) is 0 Å². The zero-order valence-electron chi connectivity index (χ0n) is 14.7. The van der Waals surface area contributed by atoms with Crippen LogP contribution in [-0.4, -0.2) is 21.9 Å². The fourth-order valence-electron chi connectivity index (χ4n) is 3.77. The Kier molecular flexibility index (Phi) is 3.63. The highest BCUT2D eigenvalue weighted by molar-refractivity contribution is 6.08. The summed E-state index contributed by atoms with van der Waals surface area (Å²) in [6.07, 6.45) is 5.57. The number of aromatic nitrogens is 2. The molecule has 27 heavy (non-hydrogen) atoms. The number of carbonyl (C=O) groups is 1. The van der Waals surface area contributed by atoms with E-state index in [2.05, 4.69) is 15.5 Å². The van der Waals surface area contributed by atoms with Gasteiger partial charge in [0.2, 0.25) is 0 Å². The molecule has 0 bridgehead atoms. The molecule has 1 spiro atoms. The van der Waals surface area contributed by atoms with Gasteiger partial charge in [-0.05, 0) is 25.0 Å². The number of carbonyl (C=O) groups excluding carboxylic acids is 1. The number of hydrogen-bond acceptors (Lipinski definition) is 4. The summed E-state index contributed by atoms with van der Waals surface area (Å²) >= 11 is 0. The zero-order chi connectivity index (χ0) is 18.3. The molecule has 1 aliphatic heterocycles. The van der Waals surface area contributed by atoms with E-state index in [-0.39, 0.29) is 5.91 Å². The number of benzene rings is 2. The molecule has 1 aliphatic carbocycles. The van der Waals surface area contributed by atoms with Crippen LogP contribution in [0.15, 0.2) is 54.7 Å². The molecular formula is C21H19N3O3. The van der Waals surface area contributed by atoms with Gasteiger partial charge in [0.25, 0.3) is 11.7 Å². The van der Waals surface area contributed by atoms with E-state index in [4.69, 9.17) is 9.47 Å². The number of hydrogen-bond donors (Lipinski definition) is 2. The van der Waals surface area contributed by atoms with Gasteiger partial charge in [-0.2, -0.15) is 5.10 Å². The molecule has 2 aliphatic rings. The molecule has 3 aromatic rings. The molecule has 2 N–H and O–H groups in total. The van der Waals surface area contributed by atoms with Crippen molar-refractivity contribution in [3.8, 4) is 22.8 Å². The van der Waals surface area contributed by atoms with E-state index in [1.807, 2.05) is 48.5 Å². The first-order valence-corrected chi connectivity index (χ1v) is 9.15. The number of nitrogens with zero attached hydrogens (tertiary/aromatic N) is 1. The largest absolute Gasteiger partial charge is 0.448 e. The lowest BCUT2D eigenvalue weighted by Gasteiger charge is -2.21. The number of fused-ring (bicyclic) bond motifs is 1. The van der Waals surface area contributed by atoms with Crippen molar-refractivity contribution >= 4 is 11.6 Å². The Morgan fingerprint density at radius 1 is 1.04 bits per heavy atom. The summed E-state index contributed by atoms with van der Waals surface area (Å²) in [6, 6.07) is 15.2. The van der Waals surface area contributed by atoms with E-state index in [1.54, 1.807) is 0 Å². The third-order valence-corrected chi connectivity index (χ3v) is 5.11. The van der Waals surface area contributed by atoms with E-state index in [1.165, 1.54) is 6.20 Å². The number of aromatic amines is 1. The van der Waals surface area contributed by atoms with E-state index in [0.717, 1.165) is 37.0 Å². The molecular weight excluding hydrogens is 342 g/mol. The third kappa shape index (κ3) is 2.83. The van der Waals surface area contributed by atoms with Crippen LogP contribution in [-0.2, 0) is 0 Å². The molecule has 2 heterocycles. The molecule has 1 saturated carbocycles. The number of rotatable bonds is 3. The first-order valence-electron chi connectivity index (χ1n) is 9.15. The van der Waals surface area contributed by atoms with Gasteiger partial charge in [0, 0.05) is 30.2 Å². The van der Waals surface area contributed by atoms with Crippen LogP contribution in [0.4, 0.5) is 5.69 Å². The predicted octanol–water partition coefficient (Wildman–Crippen LogP) is 4.37. The van der Waals surface area contributed by atoms with Gasteiger partial charge in [0.05, 0.1) is 17.5 Å². The van der Waals surface area contributed by atoms with Crippen molar-refractivity contribution in [2.24, 2.45) is 0 Å². The quantitative estimate of drug-likeness (QED) is 0.726. The van der Waals surface area contributed by atoms with Crippen LogP contribution >= 0.6 is 0 Å². The van der Waals surface area contributed by atoms with Gasteiger partial charge < -0.3 is 14.8 Å². The first kappa shape index (κ1) is 15.9. The molecule has 0 radical (unpaired) electrons. The van der Waals surface area contributed by atoms with Gasteiger partial charge in [0.1, 0.15) is 0 Å². The maximum absolute atomic E-state index is 12.8. The SMILES string of the molecule is O=C(Nc1ccc2c(c1)OC1(CCCC1)O2)c1cn[nH]c1-c1ccccc1. The van der Waals surface area contributed by atoms with Gasteiger partial charge in [-0.1, -0.05) is 30.3 Å². The Labute approximate surface area is 156 Å². The highest BCUT2D eigenvalue weighted by Gasteiger charge is 2.44. The Morgan fingerprint density at radius 3 is 2.63 bits per heavy atom. The third-order valence-electron chi connectivity index (χ3n) is 5.11. The second-order valence-corrected chi connectivity index (χ2v) is 6.96. The summed E-state index contributed by atoms with van der Waals surface area (Å²) in [4.78, 5) is 12.8. The topological polar surface area (TPSA) is 76.2 Å². The predicted molar refractivity (Wildman–Crippen MR) is 101 cm³/mol. The van der Waals surface area contributed by atoms with Crippen LogP contribution in [0.1, 0.15) is 36.0 Å². The Bertz CT molecular complexity index is 991. The Hall–Kier alpha value is -3.28. The fourth-order valence-corrected chi connectivity index (χ4v) is 3.77. The number of anilines is 1. The minimum absolute atomic E-state index is 0.225. The van der Waals surface area contributed by atoms with Crippen molar-refractivity contribution in [1.82, 2.24) is 10.2 Å². The molecule has 1 amide bonds. The number of nitrogens with one attached hydrogen (secondary N) is 2. The summed E-state index contributed by atoms with van der Waals surface area (Å²) in [5.74, 6) is 0.695. The summed E-state index contributed by atoms with van der Waals surface area (Å²) in [7, 11) is 0. The van der Waals surface area contributed by atoms with Crippen molar-refractivity contribution in [3.05, 3.63) is 60.3 Å². The summed E-state index contributed by atoms with van der Waals surface area (Å²) in [6.45, 7) is 0. The van der Waals surface area contributed by atoms with Crippen LogP contribution in [0, 0.1) is 0 Å². The van der Waals surface area contributed by atoms with Gasteiger partial charge in [-0.15, -0.1) is 0 Å². The van der Waals surface area contributed by atoms with E-state index < -0.39 is 5.79 Å². The standard InChI is InChI=1S/C21H19N3O3/c25-20(16-13-22-24-19(16)14-6-2-1-3-7-14)23-15-8-9-17-18(12-15)27-21(26-17)10-4-5-11-21/h1-3,6-9,12-13H,4-5,10-11H2,(H,22,24)(H,23,25). The lowest BCUT2D eigenvalue weighted by atomic mass is 10.1. The zero-order valence-corrected chi connectivity index (χ0v) is 14.7. The summed E-state index contributed by atoms with van der Waals surface area (Å²) in [5.41, 5.74) is 2.76. The molecule has 0 saturated heterocycles. The smallest absolute Gasteiger partial charge is 0.259 e. The molecule has 6 nitrogen and oxygen atoms in total. The lowest BCUT2D eigenvalue weighted by molar-refractivity contribution is -0.0716. The lowest BCUT2D eigenvalue weighted by Crippen LogP contribution is -2.34. The molecule has 1 aromatic heterocycles. The maximum Gasteiger partial charge on any atom is 0.259 e. The van der Waals surface area contributed by atoms with Gasteiger partial charge in [-0.3, -0.25) is 9.89 Å². The molecule has 5 rings (SSSR count). The second-order valence-electron chi connectivity index (χ2n) is 6.96. The molecule has 1 fully saturated rings. The highest BCUT2D eigenvalue weighted by atomic mass is 16.7. The minimum atomic E-state index is -0.504. The van der Waals surface area contributed by atoms with E-state index in [0.29, 0.717) is 22.7 Å². The number of ether oxygens (including phenoxy) is 2. The summed E-state index contributed by atoms with van der Waals surface area (Å²) < 4.78 is 12.1. The average molecular weight is 361 g/mol. The number of H-pyrrole nitrogens is 1. The van der Waals surface area contributed by atoms with Crippen LogP contribution < -0.4 is 14.8 Å². The first-order chi connectivity index (χ1) is 13.2. The highest BCUT2D eigenvalue weighted by Crippen LogP contribution is 2.47. The normalized spacial score (nSPS) is 16.6. The van der Waals surface area contributed by atoms with Crippen molar-refractivity contribution in [2.45, 2.75) is 31.5 Å². The van der Waals surface area contributed by atoms with Gasteiger partial charge in [0.15, 0.2) is 11.5 Å². The van der Waals surface area contributed by atoms with Crippen LogP contribution in [0.25, 0.3) is 11.3 Å². The van der Waals surface area contributed by atoms with Crippen molar-refractivity contribution in [1.29, 1.82) is 0 Å². The minimum Gasteiger partial charge on any atom is -0.448 e. The molecule has 6 heteroatoms. The van der Waals surface area contributed by atoms with E-state index >= 15 is 0 Å². The average Bonchev–Trinajstić information content (AvgIpc) is 3.42. The van der Waals surface area contributed by atoms with Gasteiger partial charge in [-0.25, -0.2) is 0 Å². The van der Waals surface area contributed by atoms with Crippen LogP contribution in [0.3, 0.4) is 0 Å². The van der Waals surface area contributed by atoms with Crippen LogP contribution in [0.2, 0.25) is 0 Å². The Balaban J connectivity index is 1.37. The van der Waals surface area contributed by atoms with E-state index in [9.17, 15) is 4.79 Å². The molecule has 0 atom stereocenters. The monoisotopic (exact) mass is 361 g/mol. The maximum atomic E-state index is 12.8. The molecule has 136 valence electrons. The fraction of sp³-hybridized carbons (Fsp3) is 0.238. The van der Waals surface area contributed by atoms with Crippen LogP contribution in [0.5, 0.6) is 11.5 Å². The van der Waals surface area contributed by atoms with Crippen molar-refractivity contribution < 1.29 is 14.3 Å².